The number of hydrogen-bond donors (Lipinski definition) is 1. The van der Waals surface area contributed by atoms with E-state index in [4.69, 9.17) is 0 Å². The van der Waals surface area contributed by atoms with Crippen LogP contribution in [-0.4, -0.2) is 30.6 Å². The molecule has 2 heterocycles. The highest BCUT2D eigenvalue weighted by molar-refractivity contribution is 7.08. The van der Waals surface area contributed by atoms with Gasteiger partial charge in [-0.25, -0.2) is 0 Å². The second-order valence-electron chi connectivity index (χ2n) is 3.88. The molecule has 72 valence electrons. The lowest BCUT2D eigenvalue weighted by Gasteiger charge is -2.13. The van der Waals surface area contributed by atoms with Crippen LogP contribution >= 0.6 is 11.3 Å². The molecule has 1 aliphatic heterocycles. The second kappa shape index (κ2) is 3.68. The summed E-state index contributed by atoms with van der Waals surface area (Å²) >= 11 is 1.75. The highest BCUT2D eigenvalue weighted by atomic mass is 32.1. The minimum atomic E-state index is 0.634. The molecule has 2 atom stereocenters. The van der Waals surface area contributed by atoms with Gasteiger partial charge >= 0.3 is 0 Å². The SMILES string of the molecule is CC1CC(Nc2ccsc2)CN1C. The third-order valence-corrected chi connectivity index (χ3v) is 3.46. The first kappa shape index (κ1) is 9.03. The van der Waals surface area contributed by atoms with Gasteiger partial charge in [-0.2, -0.15) is 11.3 Å². The van der Waals surface area contributed by atoms with Crippen molar-refractivity contribution in [1.82, 2.24) is 4.90 Å². The molecule has 1 aromatic heterocycles. The van der Waals surface area contributed by atoms with E-state index in [2.05, 4.69) is 41.0 Å². The molecule has 3 heteroatoms. The summed E-state index contributed by atoms with van der Waals surface area (Å²) in [4.78, 5) is 2.41. The Morgan fingerprint density at radius 1 is 1.62 bits per heavy atom. The molecule has 0 bridgehead atoms. The monoisotopic (exact) mass is 196 g/mol. The van der Waals surface area contributed by atoms with Crippen LogP contribution in [0.4, 0.5) is 5.69 Å². The number of hydrogen-bond acceptors (Lipinski definition) is 3. The predicted molar refractivity (Wildman–Crippen MR) is 58.4 cm³/mol. The molecule has 0 saturated carbocycles. The van der Waals surface area contributed by atoms with Crippen molar-refractivity contribution in [2.45, 2.75) is 25.4 Å². The minimum absolute atomic E-state index is 0.634. The van der Waals surface area contributed by atoms with Crippen LogP contribution in [0.3, 0.4) is 0 Å². The number of anilines is 1. The summed E-state index contributed by atoms with van der Waals surface area (Å²) in [6.07, 6.45) is 1.26. The van der Waals surface area contributed by atoms with Crippen molar-refractivity contribution in [3.05, 3.63) is 16.8 Å². The number of likely N-dealkylation sites (tertiary alicyclic amines) is 1. The van der Waals surface area contributed by atoms with E-state index in [0.29, 0.717) is 6.04 Å². The molecule has 0 spiro atoms. The van der Waals surface area contributed by atoms with Crippen molar-refractivity contribution in [2.24, 2.45) is 0 Å². The van der Waals surface area contributed by atoms with E-state index in [1.54, 1.807) is 11.3 Å². The standard InChI is InChI=1S/C10H16N2S/c1-8-5-10(6-12(8)2)11-9-3-4-13-7-9/h3-4,7-8,10-11H,5-6H2,1-2H3. The van der Waals surface area contributed by atoms with Crippen LogP contribution in [0.5, 0.6) is 0 Å². The van der Waals surface area contributed by atoms with Crippen LogP contribution in [0.15, 0.2) is 16.8 Å². The zero-order chi connectivity index (χ0) is 9.26. The summed E-state index contributed by atoms with van der Waals surface area (Å²) in [5.74, 6) is 0. The lowest BCUT2D eigenvalue weighted by atomic mass is 10.2. The van der Waals surface area contributed by atoms with Gasteiger partial charge in [0.15, 0.2) is 0 Å². The summed E-state index contributed by atoms with van der Waals surface area (Å²) in [7, 11) is 2.19. The van der Waals surface area contributed by atoms with E-state index in [-0.39, 0.29) is 0 Å². The molecule has 1 aromatic rings. The molecule has 1 fully saturated rings. The van der Waals surface area contributed by atoms with Gasteiger partial charge in [0, 0.05) is 29.7 Å². The van der Waals surface area contributed by atoms with Crippen molar-refractivity contribution < 1.29 is 0 Å². The van der Waals surface area contributed by atoms with E-state index >= 15 is 0 Å². The molecule has 2 rings (SSSR count). The average molecular weight is 196 g/mol. The molecule has 2 unspecified atom stereocenters. The first-order chi connectivity index (χ1) is 6.25. The van der Waals surface area contributed by atoms with Crippen LogP contribution in [0, 0.1) is 0 Å². The lowest BCUT2D eigenvalue weighted by molar-refractivity contribution is 0.330. The lowest BCUT2D eigenvalue weighted by Crippen LogP contribution is -2.24. The van der Waals surface area contributed by atoms with Gasteiger partial charge < -0.3 is 10.2 Å². The number of nitrogens with zero attached hydrogens (tertiary/aromatic N) is 1. The largest absolute Gasteiger partial charge is 0.380 e. The van der Waals surface area contributed by atoms with Gasteiger partial charge in [-0.15, -0.1) is 0 Å². The molecule has 2 nitrogen and oxygen atoms in total. The maximum absolute atomic E-state index is 3.55. The molecule has 1 aliphatic rings. The highest BCUT2D eigenvalue weighted by Gasteiger charge is 2.25. The van der Waals surface area contributed by atoms with Crippen molar-refractivity contribution in [2.75, 3.05) is 18.9 Å². The van der Waals surface area contributed by atoms with E-state index < -0.39 is 0 Å². The van der Waals surface area contributed by atoms with Gasteiger partial charge in [0.1, 0.15) is 0 Å². The molecule has 13 heavy (non-hydrogen) atoms. The Kier molecular flexibility index (Phi) is 2.56. The van der Waals surface area contributed by atoms with Crippen molar-refractivity contribution in [1.29, 1.82) is 0 Å². The first-order valence-electron chi connectivity index (χ1n) is 4.74. The summed E-state index contributed by atoms with van der Waals surface area (Å²) in [5.41, 5.74) is 1.28. The molecular formula is C10H16N2S. The van der Waals surface area contributed by atoms with Gasteiger partial charge in [-0.1, -0.05) is 0 Å². The van der Waals surface area contributed by atoms with Crippen molar-refractivity contribution >= 4 is 17.0 Å². The number of likely N-dealkylation sites (N-methyl/N-ethyl adjacent to an activating group) is 1. The Balaban J connectivity index is 1.91. The van der Waals surface area contributed by atoms with Crippen molar-refractivity contribution in [3.63, 3.8) is 0 Å². The van der Waals surface area contributed by atoms with E-state index in [9.17, 15) is 0 Å². The van der Waals surface area contributed by atoms with Gasteiger partial charge in [-0.05, 0) is 31.8 Å². The third-order valence-electron chi connectivity index (χ3n) is 2.78. The molecule has 0 aromatic carbocycles. The topological polar surface area (TPSA) is 15.3 Å². The molecule has 0 radical (unpaired) electrons. The number of nitrogens with one attached hydrogen (secondary N) is 1. The Bertz CT molecular complexity index is 248. The normalized spacial score (nSPS) is 29.4. The Morgan fingerprint density at radius 2 is 2.46 bits per heavy atom. The van der Waals surface area contributed by atoms with Gasteiger partial charge in [0.25, 0.3) is 0 Å². The van der Waals surface area contributed by atoms with Crippen LogP contribution in [-0.2, 0) is 0 Å². The Hall–Kier alpha value is -0.540. The molecule has 1 saturated heterocycles. The average Bonchev–Trinajstić information content (AvgIpc) is 2.64. The molecule has 0 amide bonds. The van der Waals surface area contributed by atoms with Crippen LogP contribution in [0.1, 0.15) is 13.3 Å². The third kappa shape index (κ3) is 2.03. The zero-order valence-corrected chi connectivity index (χ0v) is 8.97. The zero-order valence-electron chi connectivity index (χ0n) is 8.16. The summed E-state index contributed by atoms with van der Waals surface area (Å²) in [5, 5.41) is 7.84. The summed E-state index contributed by atoms with van der Waals surface area (Å²) in [6, 6.07) is 3.50. The van der Waals surface area contributed by atoms with E-state index in [1.807, 2.05) is 0 Å². The van der Waals surface area contributed by atoms with Crippen LogP contribution < -0.4 is 5.32 Å². The van der Waals surface area contributed by atoms with Gasteiger partial charge in [-0.3, -0.25) is 0 Å². The van der Waals surface area contributed by atoms with E-state index in [1.165, 1.54) is 12.1 Å². The Morgan fingerprint density at radius 3 is 3.00 bits per heavy atom. The van der Waals surface area contributed by atoms with Crippen LogP contribution in [0.2, 0.25) is 0 Å². The summed E-state index contributed by atoms with van der Waals surface area (Å²) in [6.45, 7) is 3.45. The molecule has 0 aliphatic carbocycles. The van der Waals surface area contributed by atoms with E-state index in [0.717, 1.165) is 12.6 Å². The molecule has 1 N–H and O–H groups in total. The fraction of sp³-hybridized carbons (Fsp3) is 0.600. The summed E-state index contributed by atoms with van der Waals surface area (Å²) < 4.78 is 0. The number of thiophene rings is 1. The number of rotatable bonds is 2. The maximum atomic E-state index is 3.55. The maximum Gasteiger partial charge on any atom is 0.0451 e. The first-order valence-corrected chi connectivity index (χ1v) is 5.69. The fourth-order valence-corrected chi connectivity index (χ4v) is 2.48. The Labute approximate surface area is 83.6 Å². The highest BCUT2D eigenvalue weighted by Crippen LogP contribution is 2.20. The molecular weight excluding hydrogens is 180 g/mol. The minimum Gasteiger partial charge on any atom is -0.380 e. The van der Waals surface area contributed by atoms with Gasteiger partial charge in [0.05, 0.1) is 0 Å². The fourth-order valence-electron chi connectivity index (χ4n) is 1.88. The quantitative estimate of drug-likeness (QED) is 0.780. The smallest absolute Gasteiger partial charge is 0.0451 e. The second-order valence-corrected chi connectivity index (χ2v) is 4.66. The van der Waals surface area contributed by atoms with Gasteiger partial charge in [0.2, 0.25) is 0 Å². The van der Waals surface area contributed by atoms with Crippen LogP contribution in [0.25, 0.3) is 0 Å². The predicted octanol–water partition coefficient (Wildman–Crippen LogP) is 2.25. The van der Waals surface area contributed by atoms with Crippen molar-refractivity contribution in [3.8, 4) is 0 Å².